The minimum atomic E-state index is -0.211. The van der Waals surface area contributed by atoms with Crippen LogP contribution in [-0.4, -0.2) is 45.1 Å². The van der Waals surface area contributed by atoms with Crippen LogP contribution in [0.15, 0.2) is 36.7 Å². The number of imidazole rings is 1. The molecule has 0 bridgehead atoms. The molecule has 170 valence electrons. The summed E-state index contributed by atoms with van der Waals surface area (Å²) in [6.07, 6.45) is 2.01. The van der Waals surface area contributed by atoms with Crippen LogP contribution in [0.25, 0.3) is 11.0 Å². The number of fused-ring (bicyclic) bond motifs is 1. The van der Waals surface area contributed by atoms with Crippen LogP contribution < -0.4 is 9.47 Å². The van der Waals surface area contributed by atoms with E-state index < -0.39 is 0 Å². The molecule has 3 unspecified atom stereocenters. The summed E-state index contributed by atoms with van der Waals surface area (Å²) in [6, 6.07) is 9.77. The fourth-order valence-electron chi connectivity index (χ4n) is 4.25. The van der Waals surface area contributed by atoms with Crippen molar-refractivity contribution in [2.24, 2.45) is 5.92 Å². The Morgan fingerprint density at radius 3 is 2.53 bits per heavy atom. The number of pyridine rings is 1. The molecule has 0 saturated carbocycles. The van der Waals surface area contributed by atoms with Gasteiger partial charge in [0.25, 0.3) is 0 Å². The topological polar surface area (TPSA) is 69.5 Å². The Labute approximate surface area is 193 Å². The SMILES string of the molecule is COc1ccc(C(C)N2CC(C(C)Oc3nc(Cl)cc4ncn(C(C)C)c34)CC2=O)cc1. The zero-order chi connectivity index (χ0) is 23.0. The molecule has 1 fully saturated rings. The van der Waals surface area contributed by atoms with Gasteiger partial charge in [0.1, 0.15) is 22.5 Å². The molecule has 7 nitrogen and oxygen atoms in total. The Balaban J connectivity index is 1.52. The second kappa shape index (κ2) is 8.98. The lowest BCUT2D eigenvalue weighted by molar-refractivity contribution is -0.129. The molecule has 8 heteroatoms. The average Bonchev–Trinajstić information content (AvgIpc) is 3.37. The van der Waals surface area contributed by atoms with Crippen molar-refractivity contribution in [1.29, 1.82) is 0 Å². The zero-order valence-corrected chi connectivity index (χ0v) is 19.8. The Kier molecular flexibility index (Phi) is 6.29. The molecule has 1 amide bonds. The van der Waals surface area contributed by atoms with Gasteiger partial charge in [-0.1, -0.05) is 23.7 Å². The lowest BCUT2D eigenvalue weighted by Crippen LogP contribution is -2.31. The summed E-state index contributed by atoms with van der Waals surface area (Å²) in [6.45, 7) is 8.83. The third-order valence-electron chi connectivity index (χ3n) is 6.26. The van der Waals surface area contributed by atoms with Crippen LogP contribution in [-0.2, 0) is 4.79 Å². The van der Waals surface area contributed by atoms with Crippen molar-refractivity contribution in [2.45, 2.75) is 52.3 Å². The Morgan fingerprint density at radius 2 is 1.88 bits per heavy atom. The number of hydrogen-bond acceptors (Lipinski definition) is 5. The monoisotopic (exact) mass is 456 g/mol. The van der Waals surface area contributed by atoms with Crippen molar-refractivity contribution in [1.82, 2.24) is 19.4 Å². The van der Waals surface area contributed by atoms with E-state index in [-0.39, 0.29) is 30.0 Å². The van der Waals surface area contributed by atoms with Crippen LogP contribution in [0.5, 0.6) is 11.6 Å². The first-order valence-electron chi connectivity index (χ1n) is 10.9. The molecule has 0 N–H and O–H groups in total. The van der Waals surface area contributed by atoms with Gasteiger partial charge in [-0.2, -0.15) is 4.98 Å². The molecule has 3 aromatic rings. The van der Waals surface area contributed by atoms with Gasteiger partial charge in [-0.15, -0.1) is 0 Å². The van der Waals surface area contributed by atoms with Gasteiger partial charge in [-0.3, -0.25) is 4.79 Å². The summed E-state index contributed by atoms with van der Waals surface area (Å²) in [5.74, 6) is 1.44. The minimum Gasteiger partial charge on any atom is -0.497 e. The number of carbonyl (C=O) groups excluding carboxylic acids is 1. The highest BCUT2D eigenvalue weighted by molar-refractivity contribution is 6.30. The molecule has 1 aliphatic rings. The third kappa shape index (κ3) is 4.26. The van der Waals surface area contributed by atoms with Gasteiger partial charge in [0.15, 0.2) is 0 Å². The maximum absolute atomic E-state index is 12.8. The summed E-state index contributed by atoms with van der Waals surface area (Å²) >= 11 is 6.22. The molecule has 3 atom stereocenters. The summed E-state index contributed by atoms with van der Waals surface area (Å²) < 4.78 is 13.6. The number of ether oxygens (including phenoxy) is 2. The van der Waals surface area contributed by atoms with E-state index in [1.54, 1.807) is 19.5 Å². The van der Waals surface area contributed by atoms with Crippen LogP contribution in [0.4, 0.5) is 0 Å². The predicted molar refractivity (Wildman–Crippen MR) is 124 cm³/mol. The lowest BCUT2D eigenvalue weighted by atomic mass is 10.0. The van der Waals surface area contributed by atoms with Crippen molar-refractivity contribution in [3.63, 3.8) is 0 Å². The molecule has 0 spiro atoms. The van der Waals surface area contributed by atoms with Crippen LogP contribution in [0.2, 0.25) is 5.15 Å². The van der Waals surface area contributed by atoms with Gasteiger partial charge in [-0.05, 0) is 45.4 Å². The first-order valence-corrected chi connectivity index (χ1v) is 11.3. The fraction of sp³-hybridized carbons (Fsp3) is 0.458. The quantitative estimate of drug-likeness (QED) is 0.465. The maximum atomic E-state index is 12.8. The number of nitrogens with zero attached hydrogens (tertiary/aromatic N) is 4. The standard InChI is InChI=1S/C24H29ClN4O3/c1-14(2)29-13-26-20-11-21(25)27-24(23(20)29)32-16(4)18-10-22(30)28(12-18)15(3)17-6-8-19(31-5)9-7-17/h6-9,11,13-16,18H,10,12H2,1-5H3. The smallest absolute Gasteiger partial charge is 0.241 e. The number of hydrogen-bond donors (Lipinski definition) is 0. The number of methoxy groups -OCH3 is 1. The molecular formula is C24H29ClN4O3. The molecule has 1 aromatic carbocycles. The Bertz CT molecular complexity index is 1110. The molecular weight excluding hydrogens is 428 g/mol. The van der Waals surface area contributed by atoms with Gasteiger partial charge in [0.05, 0.1) is 25.0 Å². The summed E-state index contributed by atoms with van der Waals surface area (Å²) in [4.78, 5) is 23.6. The van der Waals surface area contributed by atoms with Crippen LogP contribution in [0.3, 0.4) is 0 Å². The fourth-order valence-corrected chi connectivity index (χ4v) is 4.43. The maximum Gasteiger partial charge on any atom is 0.241 e. The Morgan fingerprint density at radius 1 is 1.16 bits per heavy atom. The van der Waals surface area contributed by atoms with Crippen LogP contribution in [0.1, 0.15) is 51.8 Å². The number of benzene rings is 1. The summed E-state index contributed by atoms with van der Waals surface area (Å²) in [7, 11) is 1.64. The van der Waals surface area contributed by atoms with Crippen molar-refractivity contribution >= 4 is 28.5 Å². The number of aromatic nitrogens is 3. The van der Waals surface area contributed by atoms with Crippen molar-refractivity contribution in [2.75, 3.05) is 13.7 Å². The van der Waals surface area contributed by atoms with Gasteiger partial charge in [0, 0.05) is 31.0 Å². The first-order chi connectivity index (χ1) is 15.3. The summed E-state index contributed by atoms with van der Waals surface area (Å²) in [5, 5.41) is 0.339. The number of rotatable bonds is 7. The molecule has 1 saturated heterocycles. The van der Waals surface area contributed by atoms with E-state index in [1.807, 2.05) is 40.7 Å². The van der Waals surface area contributed by atoms with E-state index in [0.29, 0.717) is 24.0 Å². The highest BCUT2D eigenvalue weighted by atomic mass is 35.5. The van der Waals surface area contributed by atoms with E-state index in [0.717, 1.165) is 22.3 Å². The third-order valence-corrected chi connectivity index (χ3v) is 6.45. The highest BCUT2D eigenvalue weighted by Gasteiger charge is 2.37. The van der Waals surface area contributed by atoms with Crippen molar-refractivity contribution < 1.29 is 14.3 Å². The zero-order valence-electron chi connectivity index (χ0n) is 19.1. The number of amides is 1. The highest BCUT2D eigenvalue weighted by Crippen LogP contribution is 2.34. The van der Waals surface area contributed by atoms with Gasteiger partial charge in [0.2, 0.25) is 11.8 Å². The van der Waals surface area contributed by atoms with E-state index in [1.165, 1.54) is 0 Å². The lowest BCUT2D eigenvalue weighted by Gasteiger charge is -2.26. The van der Waals surface area contributed by atoms with Gasteiger partial charge >= 0.3 is 0 Å². The molecule has 0 aliphatic carbocycles. The molecule has 3 heterocycles. The van der Waals surface area contributed by atoms with E-state index in [2.05, 4.69) is 30.7 Å². The van der Waals surface area contributed by atoms with Gasteiger partial charge in [-0.25, -0.2) is 4.98 Å². The van der Waals surface area contributed by atoms with E-state index >= 15 is 0 Å². The second-order valence-electron chi connectivity index (χ2n) is 8.65. The average molecular weight is 457 g/mol. The second-order valence-corrected chi connectivity index (χ2v) is 9.03. The molecule has 32 heavy (non-hydrogen) atoms. The van der Waals surface area contributed by atoms with E-state index in [9.17, 15) is 4.79 Å². The molecule has 0 radical (unpaired) electrons. The molecule has 4 rings (SSSR count). The molecule has 1 aliphatic heterocycles. The van der Waals surface area contributed by atoms with Crippen molar-refractivity contribution in [3.8, 4) is 11.6 Å². The summed E-state index contributed by atoms with van der Waals surface area (Å²) in [5.41, 5.74) is 2.65. The number of carbonyl (C=O) groups is 1. The van der Waals surface area contributed by atoms with Gasteiger partial charge < -0.3 is 18.9 Å². The first kappa shape index (κ1) is 22.4. The number of halogens is 1. The van der Waals surface area contributed by atoms with E-state index in [4.69, 9.17) is 21.1 Å². The largest absolute Gasteiger partial charge is 0.497 e. The minimum absolute atomic E-state index is 0.0241. The van der Waals surface area contributed by atoms with Crippen LogP contribution in [0, 0.1) is 5.92 Å². The molecule has 2 aromatic heterocycles. The van der Waals surface area contributed by atoms with Crippen molar-refractivity contribution in [3.05, 3.63) is 47.4 Å². The van der Waals surface area contributed by atoms with Crippen LogP contribution >= 0.6 is 11.6 Å². The number of likely N-dealkylation sites (tertiary alicyclic amines) is 1. The predicted octanol–water partition coefficient (Wildman–Crippen LogP) is 5.05. The Hall–Kier alpha value is -2.80. The normalized spacial score (nSPS) is 18.4.